The van der Waals surface area contributed by atoms with E-state index in [0.717, 1.165) is 49.1 Å². The van der Waals surface area contributed by atoms with E-state index in [1.54, 1.807) is 48.7 Å². The highest BCUT2D eigenvalue weighted by Gasteiger charge is 2.40. The van der Waals surface area contributed by atoms with Crippen molar-refractivity contribution in [1.82, 2.24) is 19.4 Å². The van der Waals surface area contributed by atoms with Crippen molar-refractivity contribution >= 4 is 35.6 Å². The number of imidazole rings is 1. The first-order valence-corrected chi connectivity index (χ1v) is 13.7. The molecular formula is C30H33ClN4O4. The van der Waals surface area contributed by atoms with Crippen molar-refractivity contribution in [1.29, 1.82) is 0 Å². The number of carbonyl (C=O) groups is 3. The third-order valence-corrected chi connectivity index (χ3v) is 7.01. The lowest BCUT2D eigenvalue weighted by Crippen LogP contribution is -2.33. The van der Waals surface area contributed by atoms with Crippen LogP contribution in [0.1, 0.15) is 72.5 Å². The summed E-state index contributed by atoms with van der Waals surface area (Å²) in [6, 6.07) is 13.6. The quantitative estimate of drug-likeness (QED) is 0.214. The Hall–Kier alpha value is -3.91. The number of hydrogen-bond acceptors (Lipinski definition) is 4. The number of aromatic carboxylic acids is 1. The molecule has 2 aromatic carbocycles. The van der Waals surface area contributed by atoms with Gasteiger partial charge in [-0.2, -0.15) is 0 Å². The predicted molar refractivity (Wildman–Crippen MR) is 150 cm³/mol. The number of imide groups is 1. The molecule has 3 aromatic rings. The molecule has 8 nitrogen and oxygen atoms in total. The summed E-state index contributed by atoms with van der Waals surface area (Å²) in [6.07, 6.45) is 7.79. The minimum Gasteiger partial charge on any atom is -0.478 e. The largest absolute Gasteiger partial charge is 0.478 e. The fourth-order valence-corrected chi connectivity index (χ4v) is 4.63. The molecule has 9 heteroatoms. The molecule has 0 saturated carbocycles. The van der Waals surface area contributed by atoms with Crippen LogP contribution < -0.4 is 0 Å². The highest BCUT2D eigenvalue weighted by molar-refractivity contribution is 6.30. The van der Waals surface area contributed by atoms with E-state index in [0.29, 0.717) is 29.5 Å². The summed E-state index contributed by atoms with van der Waals surface area (Å²) in [5, 5.41) is 9.85. The maximum Gasteiger partial charge on any atom is 0.335 e. The molecule has 1 aromatic heterocycles. The number of carbonyl (C=O) groups excluding carboxylic acids is 2. The number of urea groups is 1. The van der Waals surface area contributed by atoms with Gasteiger partial charge in [0.15, 0.2) is 0 Å². The molecule has 1 aliphatic heterocycles. The topological polar surface area (TPSA) is 95.7 Å². The van der Waals surface area contributed by atoms with Crippen molar-refractivity contribution in [3.8, 4) is 0 Å². The van der Waals surface area contributed by atoms with Crippen molar-refractivity contribution in [2.24, 2.45) is 0 Å². The minimum absolute atomic E-state index is 0.220. The molecule has 39 heavy (non-hydrogen) atoms. The van der Waals surface area contributed by atoms with E-state index in [2.05, 4.69) is 11.9 Å². The Bertz CT molecular complexity index is 1360. The molecule has 1 aliphatic rings. The van der Waals surface area contributed by atoms with Gasteiger partial charge in [-0.3, -0.25) is 14.6 Å². The molecule has 1 N–H and O–H groups in total. The SMILES string of the molecule is CCCCc1ncc(C=C2C(=O)N(CCCC)C(=O)N2Cc2ccc(Cl)cc2)n1Cc1ccc(C(=O)O)cc1. The minimum atomic E-state index is -0.976. The van der Waals surface area contributed by atoms with Gasteiger partial charge in [-0.15, -0.1) is 0 Å². The monoisotopic (exact) mass is 548 g/mol. The molecule has 4 rings (SSSR count). The number of carboxylic acids is 1. The molecule has 3 amide bonds. The molecule has 0 unspecified atom stereocenters. The Morgan fingerprint density at radius 2 is 1.56 bits per heavy atom. The Balaban J connectivity index is 1.72. The van der Waals surface area contributed by atoms with Crippen molar-refractivity contribution in [2.75, 3.05) is 6.54 Å². The van der Waals surface area contributed by atoms with Gasteiger partial charge in [0.1, 0.15) is 11.5 Å². The fourth-order valence-electron chi connectivity index (χ4n) is 4.50. The predicted octanol–water partition coefficient (Wildman–Crippen LogP) is 6.23. The third-order valence-electron chi connectivity index (χ3n) is 6.76. The molecule has 0 bridgehead atoms. The van der Waals surface area contributed by atoms with Gasteiger partial charge in [0.05, 0.1) is 24.0 Å². The van der Waals surface area contributed by atoms with Gasteiger partial charge in [-0.05, 0) is 54.3 Å². The molecule has 0 radical (unpaired) electrons. The number of nitrogens with zero attached hydrogens (tertiary/aromatic N) is 4. The van der Waals surface area contributed by atoms with Crippen LogP contribution in [0.2, 0.25) is 5.02 Å². The smallest absolute Gasteiger partial charge is 0.335 e. The average molecular weight is 549 g/mol. The average Bonchev–Trinajstić information content (AvgIpc) is 3.40. The highest BCUT2D eigenvalue weighted by atomic mass is 35.5. The maximum absolute atomic E-state index is 13.5. The van der Waals surface area contributed by atoms with E-state index in [-0.39, 0.29) is 24.0 Å². The van der Waals surface area contributed by atoms with Crippen molar-refractivity contribution in [3.05, 3.63) is 93.7 Å². The van der Waals surface area contributed by atoms with Gasteiger partial charge in [-0.25, -0.2) is 14.6 Å². The van der Waals surface area contributed by atoms with Crippen molar-refractivity contribution in [2.45, 2.75) is 59.0 Å². The molecule has 204 valence electrons. The molecule has 0 aliphatic carbocycles. The zero-order chi connectivity index (χ0) is 27.9. The van der Waals surface area contributed by atoms with E-state index in [9.17, 15) is 19.5 Å². The summed E-state index contributed by atoms with van der Waals surface area (Å²) >= 11 is 6.05. The summed E-state index contributed by atoms with van der Waals surface area (Å²) < 4.78 is 2.03. The van der Waals surface area contributed by atoms with Gasteiger partial charge in [0.2, 0.25) is 0 Å². The molecule has 0 spiro atoms. The number of aromatic nitrogens is 2. The zero-order valence-corrected chi connectivity index (χ0v) is 23.0. The van der Waals surface area contributed by atoms with Gasteiger partial charge < -0.3 is 9.67 Å². The van der Waals surface area contributed by atoms with Crippen LogP contribution in [0.4, 0.5) is 4.79 Å². The Morgan fingerprint density at radius 3 is 2.21 bits per heavy atom. The summed E-state index contributed by atoms with van der Waals surface area (Å²) in [5.74, 6) is -0.429. The first-order valence-electron chi connectivity index (χ1n) is 13.3. The first kappa shape index (κ1) is 28.1. The van der Waals surface area contributed by atoms with Crippen LogP contribution >= 0.6 is 11.6 Å². The van der Waals surface area contributed by atoms with Crippen LogP contribution in [-0.2, 0) is 24.3 Å². The maximum atomic E-state index is 13.5. The number of hydrogen-bond donors (Lipinski definition) is 1. The van der Waals surface area contributed by atoms with Crippen LogP contribution in [0.15, 0.2) is 60.4 Å². The van der Waals surface area contributed by atoms with Crippen LogP contribution in [-0.4, -0.2) is 48.9 Å². The Labute approximate surface area is 233 Å². The number of benzene rings is 2. The standard InChI is InChI=1S/C30H33ClN4O4/c1-3-5-7-27-32-18-25(34(27)19-21-8-12-23(13-9-21)29(37)38)17-26-28(36)33(16-6-4-2)30(39)35(26)20-22-10-14-24(31)15-11-22/h8-15,17-18H,3-7,16,19-20H2,1-2H3,(H,37,38). The number of aryl methyl sites for hydroxylation is 1. The van der Waals surface area contributed by atoms with Gasteiger partial charge in [-0.1, -0.05) is 62.6 Å². The number of rotatable bonds is 12. The summed E-state index contributed by atoms with van der Waals surface area (Å²) in [4.78, 5) is 45.7. The summed E-state index contributed by atoms with van der Waals surface area (Å²) in [6.45, 7) is 5.19. The second-order valence-electron chi connectivity index (χ2n) is 9.63. The van der Waals surface area contributed by atoms with E-state index < -0.39 is 5.97 Å². The highest BCUT2D eigenvalue weighted by Crippen LogP contribution is 2.27. The van der Waals surface area contributed by atoms with E-state index in [1.165, 1.54) is 9.80 Å². The lowest BCUT2D eigenvalue weighted by atomic mass is 10.1. The normalized spacial score (nSPS) is 14.6. The first-order chi connectivity index (χ1) is 18.8. The summed E-state index contributed by atoms with van der Waals surface area (Å²) in [5.41, 5.74) is 3.00. The van der Waals surface area contributed by atoms with Crippen LogP contribution in [0.3, 0.4) is 0 Å². The van der Waals surface area contributed by atoms with E-state index in [4.69, 9.17) is 11.6 Å². The number of amides is 3. The Kier molecular flexibility index (Phi) is 9.19. The zero-order valence-electron chi connectivity index (χ0n) is 22.3. The van der Waals surface area contributed by atoms with Gasteiger partial charge in [0.25, 0.3) is 5.91 Å². The van der Waals surface area contributed by atoms with Gasteiger partial charge >= 0.3 is 12.0 Å². The lowest BCUT2D eigenvalue weighted by Gasteiger charge is -2.18. The fraction of sp³-hybridized carbons (Fsp3) is 0.333. The third kappa shape index (κ3) is 6.57. The van der Waals surface area contributed by atoms with Crippen LogP contribution in [0.5, 0.6) is 0 Å². The van der Waals surface area contributed by atoms with Gasteiger partial charge in [0, 0.05) is 24.5 Å². The number of halogens is 1. The van der Waals surface area contributed by atoms with Crippen LogP contribution in [0.25, 0.3) is 6.08 Å². The van der Waals surface area contributed by atoms with E-state index in [1.807, 2.05) is 23.6 Å². The second kappa shape index (κ2) is 12.8. The van der Waals surface area contributed by atoms with Crippen molar-refractivity contribution < 1.29 is 19.5 Å². The molecular weight excluding hydrogens is 516 g/mol. The lowest BCUT2D eigenvalue weighted by molar-refractivity contribution is -0.123. The molecule has 1 fully saturated rings. The Morgan fingerprint density at radius 1 is 0.923 bits per heavy atom. The molecule has 2 heterocycles. The summed E-state index contributed by atoms with van der Waals surface area (Å²) in [7, 11) is 0. The van der Waals surface area contributed by atoms with E-state index >= 15 is 0 Å². The molecule has 1 saturated heterocycles. The number of carboxylic acid groups (broad SMARTS) is 1. The number of unbranched alkanes of at least 4 members (excludes halogenated alkanes) is 2. The van der Waals surface area contributed by atoms with Crippen molar-refractivity contribution in [3.63, 3.8) is 0 Å². The second-order valence-corrected chi connectivity index (χ2v) is 10.1. The molecule has 0 atom stereocenters. The van der Waals surface area contributed by atoms with Crippen LogP contribution in [0, 0.1) is 0 Å².